The van der Waals surface area contributed by atoms with E-state index >= 15 is 0 Å². The first-order valence-electron chi connectivity index (χ1n) is 9.06. The molecule has 3 rings (SSSR count). The molecule has 0 radical (unpaired) electrons. The molecule has 1 aliphatic heterocycles. The Morgan fingerprint density at radius 1 is 1.13 bits per heavy atom. The third kappa shape index (κ3) is 4.00. The van der Waals surface area contributed by atoms with E-state index < -0.39 is 23.4 Å². The van der Waals surface area contributed by atoms with Crippen LogP contribution in [0.4, 0.5) is 11.4 Å². The fourth-order valence-electron chi connectivity index (χ4n) is 3.10. The van der Waals surface area contributed by atoms with Crippen LogP contribution in [0.2, 0.25) is 0 Å². The summed E-state index contributed by atoms with van der Waals surface area (Å²) in [5, 5.41) is 11.9. The summed E-state index contributed by atoms with van der Waals surface area (Å²) in [6.45, 7) is 2.83. The van der Waals surface area contributed by atoms with Gasteiger partial charge in [-0.2, -0.15) is 0 Å². The number of hydrogen-bond acceptors (Lipinski definition) is 6. The first kappa shape index (κ1) is 21.0. The Bertz CT molecular complexity index is 1020. The highest BCUT2D eigenvalue weighted by atomic mass is 16.5. The van der Waals surface area contributed by atoms with E-state index in [1.165, 1.54) is 37.3 Å². The Morgan fingerprint density at radius 3 is 2.50 bits per heavy atom. The molecule has 2 aromatic rings. The monoisotopic (exact) mass is 414 g/mol. The Morgan fingerprint density at radius 2 is 1.87 bits per heavy atom. The lowest BCUT2D eigenvalue weighted by Crippen LogP contribution is -2.54. The summed E-state index contributed by atoms with van der Waals surface area (Å²) in [6.07, 6.45) is 0. The molecule has 9 heteroatoms. The molecule has 0 bridgehead atoms. The van der Waals surface area contributed by atoms with E-state index in [-0.39, 0.29) is 17.9 Å². The van der Waals surface area contributed by atoms with Crippen LogP contribution in [0.1, 0.15) is 24.2 Å². The number of ether oxygens (including phenoxy) is 3. The van der Waals surface area contributed by atoms with Crippen molar-refractivity contribution >= 4 is 29.2 Å². The molecule has 0 atom stereocenters. The summed E-state index contributed by atoms with van der Waals surface area (Å²) >= 11 is 0. The van der Waals surface area contributed by atoms with Gasteiger partial charge in [0.15, 0.2) is 5.60 Å². The predicted octanol–water partition coefficient (Wildman–Crippen LogP) is 2.54. The van der Waals surface area contributed by atoms with Crippen molar-refractivity contribution in [3.63, 3.8) is 0 Å². The molecule has 30 heavy (non-hydrogen) atoms. The molecule has 0 unspecified atom stereocenters. The molecular formula is C21H22N2O7. The molecule has 2 amide bonds. The molecule has 9 nitrogen and oxygen atoms in total. The zero-order valence-electron chi connectivity index (χ0n) is 17.0. The van der Waals surface area contributed by atoms with Gasteiger partial charge in [-0.15, -0.1) is 0 Å². The quantitative estimate of drug-likeness (QED) is 0.746. The van der Waals surface area contributed by atoms with Crippen LogP contribution in [-0.2, 0) is 9.59 Å². The topological polar surface area (TPSA) is 114 Å². The van der Waals surface area contributed by atoms with Crippen molar-refractivity contribution in [2.45, 2.75) is 19.4 Å². The van der Waals surface area contributed by atoms with Gasteiger partial charge in [-0.05, 0) is 44.2 Å². The number of benzene rings is 2. The van der Waals surface area contributed by atoms with Crippen LogP contribution >= 0.6 is 0 Å². The average molecular weight is 414 g/mol. The summed E-state index contributed by atoms with van der Waals surface area (Å²) in [7, 11) is 2.99. The van der Waals surface area contributed by atoms with Gasteiger partial charge in [0.2, 0.25) is 5.91 Å². The SMILES string of the molecule is COc1ccc(NC(=O)CN2C(=O)C(C)(C)Oc3cc(C(=O)O)ccc32)c(OC)c1. The van der Waals surface area contributed by atoms with Gasteiger partial charge in [0.25, 0.3) is 5.91 Å². The molecule has 2 aromatic carbocycles. The number of hydrogen-bond donors (Lipinski definition) is 2. The molecule has 2 N–H and O–H groups in total. The smallest absolute Gasteiger partial charge is 0.335 e. The molecule has 0 aliphatic carbocycles. The fraction of sp³-hybridized carbons (Fsp3) is 0.286. The Kier molecular flexibility index (Phi) is 5.55. The Labute approximate surface area is 173 Å². The molecule has 0 aromatic heterocycles. The number of methoxy groups -OCH3 is 2. The molecule has 0 saturated carbocycles. The number of fused-ring (bicyclic) bond motifs is 1. The van der Waals surface area contributed by atoms with E-state index in [0.717, 1.165) is 0 Å². The second kappa shape index (κ2) is 7.94. The second-order valence-electron chi connectivity index (χ2n) is 7.11. The maximum Gasteiger partial charge on any atom is 0.335 e. The highest BCUT2D eigenvalue weighted by molar-refractivity contribution is 6.08. The summed E-state index contributed by atoms with van der Waals surface area (Å²) in [4.78, 5) is 38.1. The zero-order valence-corrected chi connectivity index (χ0v) is 17.0. The first-order chi connectivity index (χ1) is 14.2. The lowest BCUT2D eigenvalue weighted by molar-refractivity contribution is -0.133. The van der Waals surface area contributed by atoms with Crippen molar-refractivity contribution in [3.05, 3.63) is 42.0 Å². The molecule has 1 heterocycles. The number of rotatable bonds is 6. The van der Waals surface area contributed by atoms with Crippen LogP contribution in [0.5, 0.6) is 17.2 Å². The van der Waals surface area contributed by atoms with Crippen molar-refractivity contribution in [1.82, 2.24) is 0 Å². The van der Waals surface area contributed by atoms with E-state index in [2.05, 4.69) is 5.32 Å². The fourth-order valence-corrected chi connectivity index (χ4v) is 3.10. The molecule has 0 spiro atoms. The van der Waals surface area contributed by atoms with Crippen molar-refractivity contribution in [3.8, 4) is 17.2 Å². The molecule has 1 aliphatic rings. The lowest BCUT2D eigenvalue weighted by atomic mass is 10.0. The minimum absolute atomic E-state index is 0.0197. The standard InChI is InChI=1S/C21H22N2O7/c1-21(2)20(27)23(15-8-5-12(19(25)26)9-17(15)30-21)11-18(24)22-14-7-6-13(28-3)10-16(14)29-4/h5-10H,11H2,1-4H3,(H,22,24)(H,25,26). The van der Waals surface area contributed by atoms with Gasteiger partial charge < -0.3 is 24.6 Å². The third-order valence-electron chi connectivity index (χ3n) is 4.61. The van der Waals surface area contributed by atoms with Crippen molar-refractivity contribution in [2.24, 2.45) is 0 Å². The molecule has 158 valence electrons. The van der Waals surface area contributed by atoms with Gasteiger partial charge in [0.1, 0.15) is 23.8 Å². The minimum Gasteiger partial charge on any atom is -0.497 e. The van der Waals surface area contributed by atoms with Crippen LogP contribution in [0.3, 0.4) is 0 Å². The largest absolute Gasteiger partial charge is 0.497 e. The van der Waals surface area contributed by atoms with E-state index in [0.29, 0.717) is 22.9 Å². The summed E-state index contributed by atoms with van der Waals surface area (Å²) in [5.74, 6) is -0.810. The van der Waals surface area contributed by atoms with Gasteiger partial charge in [-0.3, -0.25) is 14.5 Å². The normalized spacial score (nSPS) is 14.4. The first-order valence-corrected chi connectivity index (χ1v) is 9.06. The number of carboxylic acids is 1. The Balaban J connectivity index is 1.88. The number of nitrogens with zero attached hydrogens (tertiary/aromatic N) is 1. The average Bonchev–Trinajstić information content (AvgIpc) is 2.70. The Hall–Kier alpha value is -3.75. The summed E-state index contributed by atoms with van der Waals surface area (Å²) in [6, 6.07) is 9.07. The van der Waals surface area contributed by atoms with E-state index in [1.807, 2.05) is 0 Å². The van der Waals surface area contributed by atoms with Gasteiger partial charge in [0, 0.05) is 6.07 Å². The van der Waals surface area contributed by atoms with Crippen LogP contribution in [0.25, 0.3) is 0 Å². The highest BCUT2D eigenvalue weighted by Crippen LogP contribution is 2.38. The van der Waals surface area contributed by atoms with E-state index in [9.17, 15) is 19.5 Å². The number of anilines is 2. The summed E-state index contributed by atoms with van der Waals surface area (Å²) < 4.78 is 16.1. The predicted molar refractivity (Wildman–Crippen MR) is 109 cm³/mol. The zero-order chi connectivity index (χ0) is 22.1. The maximum absolute atomic E-state index is 12.9. The van der Waals surface area contributed by atoms with Crippen molar-refractivity contribution in [1.29, 1.82) is 0 Å². The van der Waals surface area contributed by atoms with Gasteiger partial charge in [0.05, 0.1) is 31.2 Å². The van der Waals surface area contributed by atoms with Gasteiger partial charge in [-0.1, -0.05) is 0 Å². The van der Waals surface area contributed by atoms with Crippen LogP contribution in [-0.4, -0.2) is 49.3 Å². The maximum atomic E-state index is 12.9. The number of nitrogens with one attached hydrogen (secondary N) is 1. The van der Waals surface area contributed by atoms with Crippen molar-refractivity contribution in [2.75, 3.05) is 31.0 Å². The highest BCUT2D eigenvalue weighted by Gasteiger charge is 2.41. The van der Waals surface area contributed by atoms with Crippen LogP contribution in [0.15, 0.2) is 36.4 Å². The molecule has 0 saturated heterocycles. The summed E-state index contributed by atoms with van der Waals surface area (Å²) in [5.41, 5.74) is -0.500. The van der Waals surface area contributed by atoms with E-state index in [4.69, 9.17) is 14.2 Å². The lowest BCUT2D eigenvalue weighted by Gasteiger charge is -2.38. The number of carboxylic acid groups (broad SMARTS) is 1. The van der Waals surface area contributed by atoms with Crippen LogP contribution < -0.4 is 24.4 Å². The molecular weight excluding hydrogens is 392 g/mol. The molecule has 0 fully saturated rings. The van der Waals surface area contributed by atoms with Crippen molar-refractivity contribution < 1.29 is 33.7 Å². The number of amides is 2. The van der Waals surface area contributed by atoms with Gasteiger partial charge in [-0.25, -0.2) is 4.79 Å². The number of aromatic carboxylic acids is 1. The van der Waals surface area contributed by atoms with Crippen LogP contribution in [0, 0.1) is 0 Å². The number of carbonyl (C=O) groups is 3. The third-order valence-corrected chi connectivity index (χ3v) is 4.61. The second-order valence-corrected chi connectivity index (χ2v) is 7.11. The van der Waals surface area contributed by atoms with Gasteiger partial charge >= 0.3 is 5.97 Å². The minimum atomic E-state index is -1.26. The van der Waals surface area contributed by atoms with E-state index in [1.54, 1.807) is 32.0 Å². The number of carbonyl (C=O) groups excluding carboxylic acids is 2.